The first-order valence-electron chi connectivity index (χ1n) is 8.93. The van der Waals surface area contributed by atoms with Gasteiger partial charge in [0.1, 0.15) is 12.1 Å². The van der Waals surface area contributed by atoms with Crippen molar-refractivity contribution in [2.75, 3.05) is 24.5 Å². The van der Waals surface area contributed by atoms with E-state index in [1.807, 2.05) is 11.0 Å². The summed E-state index contributed by atoms with van der Waals surface area (Å²) >= 11 is 1.68. The number of H-pyrrole nitrogens is 1. The highest BCUT2D eigenvalue weighted by Crippen LogP contribution is 2.43. The highest BCUT2D eigenvalue weighted by Gasteiger charge is 2.48. The number of carbonyl (C=O) groups is 1. The molecule has 0 unspecified atom stereocenters. The van der Waals surface area contributed by atoms with Gasteiger partial charge in [-0.3, -0.25) is 4.79 Å². The molecule has 0 aliphatic carbocycles. The molecule has 5 rings (SSSR count). The van der Waals surface area contributed by atoms with E-state index < -0.39 is 0 Å². The van der Waals surface area contributed by atoms with Crippen molar-refractivity contribution >= 4 is 33.3 Å². The van der Waals surface area contributed by atoms with Gasteiger partial charge in [-0.25, -0.2) is 15.0 Å². The minimum absolute atomic E-state index is 0.134. The zero-order valence-corrected chi connectivity index (χ0v) is 15.4. The van der Waals surface area contributed by atoms with Crippen molar-refractivity contribution in [3.05, 3.63) is 35.5 Å². The molecule has 2 aliphatic heterocycles. The molecule has 8 heteroatoms. The van der Waals surface area contributed by atoms with Crippen LogP contribution in [0.3, 0.4) is 0 Å². The summed E-state index contributed by atoms with van der Waals surface area (Å²) in [5, 5.41) is 2.06. The average molecular weight is 368 g/mol. The predicted octanol–water partition coefficient (Wildman–Crippen LogP) is 2.31. The van der Waals surface area contributed by atoms with Crippen molar-refractivity contribution < 1.29 is 4.79 Å². The molecule has 134 valence electrons. The zero-order chi connectivity index (χ0) is 17.7. The third-order valence-electron chi connectivity index (χ3n) is 5.76. The number of carbonyl (C=O) groups excluding carboxylic acids is 1. The number of aromatic nitrogens is 4. The smallest absolute Gasteiger partial charge is 0.220 e. The molecule has 26 heavy (non-hydrogen) atoms. The Morgan fingerprint density at radius 1 is 1.23 bits per heavy atom. The van der Waals surface area contributed by atoms with Gasteiger partial charge in [-0.1, -0.05) is 0 Å². The maximum Gasteiger partial charge on any atom is 0.220 e. The molecule has 0 radical (unpaired) electrons. The Morgan fingerprint density at radius 2 is 2.08 bits per heavy atom. The summed E-state index contributed by atoms with van der Waals surface area (Å²) in [6.07, 6.45) is 5.98. The molecule has 7 nitrogen and oxygen atoms in total. The first-order valence-corrected chi connectivity index (χ1v) is 9.81. The Balaban J connectivity index is 1.49. The van der Waals surface area contributed by atoms with Crippen LogP contribution in [0.2, 0.25) is 0 Å². The van der Waals surface area contributed by atoms with Crippen molar-refractivity contribution in [2.24, 2.45) is 0 Å². The van der Waals surface area contributed by atoms with Gasteiger partial charge < -0.3 is 14.8 Å². The van der Waals surface area contributed by atoms with Crippen LogP contribution in [0.1, 0.15) is 31.2 Å². The number of anilines is 1. The highest BCUT2D eigenvalue weighted by atomic mass is 32.1. The van der Waals surface area contributed by atoms with E-state index in [4.69, 9.17) is 0 Å². The topological polar surface area (TPSA) is 78.0 Å². The molecule has 0 atom stereocenters. The first-order chi connectivity index (χ1) is 12.7. The van der Waals surface area contributed by atoms with E-state index in [1.165, 1.54) is 5.69 Å². The molecule has 1 saturated heterocycles. The lowest BCUT2D eigenvalue weighted by Crippen LogP contribution is -2.58. The van der Waals surface area contributed by atoms with Crippen molar-refractivity contribution in [1.29, 1.82) is 0 Å². The van der Waals surface area contributed by atoms with Crippen LogP contribution in [-0.4, -0.2) is 50.4 Å². The van der Waals surface area contributed by atoms with E-state index in [1.54, 1.807) is 30.9 Å². The van der Waals surface area contributed by atoms with E-state index in [0.29, 0.717) is 0 Å². The third kappa shape index (κ3) is 2.18. The Bertz CT molecular complexity index is 971. The van der Waals surface area contributed by atoms with E-state index in [2.05, 4.69) is 30.2 Å². The summed E-state index contributed by atoms with van der Waals surface area (Å²) in [4.78, 5) is 33.5. The minimum Gasteiger partial charge on any atom is -0.355 e. The van der Waals surface area contributed by atoms with Crippen LogP contribution in [0, 0.1) is 0 Å². The van der Waals surface area contributed by atoms with Gasteiger partial charge in [0.25, 0.3) is 0 Å². The summed E-state index contributed by atoms with van der Waals surface area (Å²) in [6, 6.07) is 2.03. The van der Waals surface area contributed by atoms with Crippen LogP contribution in [0.25, 0.3) is 10.2 Å². The Morgan fingerprint density at radius 3 is 2.88 bits per heavy atom. The summed E-state index contributed by atoms with van der Waals surface area (Å²) in [5.74, 6) is 1.14. The Hall–Kier alpha value is -2.48. The summed E-state index contributed by atoms with van der Waals surface area (Å²) < 4.78 is 1.14. The molecule has 1 spiro atoms. The number of thiophene rings is 1. The van der Waals surface area contributed by atoms with Crippen LogP contribution in [0.5, 0.6) is 0 Å². The van der Waals surface area contributed by atoms with E-state index >= 15 is 0 Å². The summed E-state index contributed by atoms with van der Waals surface area (Å²) in [6.45, 7) is 4.12. The van der Waals surface area contributed by atoms with Crippen molar-refractivity contribution in [1.82, 2.24) is 24.8 Å². The van der Waals surface area contributed by atoms with Crippen molar-refractivity contribution in [3.63, 3.8) is 0 Å². The quantitative estimate of drug-likeness (QED) is 0.713. The lowest BCUT2D eigenvalue weighted by atomic mass is 9.78. The van der Waals surface area contributed by atoms with Gasteiger partial charge in [-0.15, -0.1) is 11.3 Å². The van der Waals surface area contributed by atoms with E-state index in [9.17, 15) is 4.79 Å². The molecule has 3 aromatic rings. The van der Waals surface area contributed by atoms with Crippen LogP contribution >= 0.6 is 11.3 Å². The van der Waals surface area contributed by atoms with E-state index in [-0.39, 0.29) is 11.4 Å². The summed E-state index contributed by atoms with van der Waals surface area (Å²) in [7, 11) is 0. The van der Waals surface area contributed by atoms with Gasteiger partial charge in [0.2, 0.25) is 5.91 Å². The molecule has 0 bridgehead atoms. The number of aromatic amines is 1. The molecular weight excluding hydrogens is 348 g/mol. The number of nitrogens with one attached hydrogen (secondary N) is 1. The molecule has 3 aromatic heterocycles. The minimum atomic E-state index is -0.294. The highest BCUT2D eigenvalue weighted by molar-refractivity contribution is 7.17. The number of fused-ring (bicyclic) bond motifs is 3. The molecular formula is C18H20N6OS. The van der Waals surface area contributed by atoms with Crippen molar-refractivity contribution in [2.45, 2.75) is 31.7 Å². The molecule has 1 amide bonds. The fourth-order valence-electron chi connectivity index (χ4n) is 4.53. The Kier molecular flexibility index (Phi) is 3.49. The molecule has 0 aromatic carbocycles. The fraction of sp³-hybridized carbons (Fsp3) is 0.444. The maximum atomic E-state index is 12.4. The first kappa shape index (κ1) is 15.7. The lowest BCUT2D eigenvalue weighted by Gasteiger charge is -2.50. The SMILES string of the molecule is CC(=O)N1CCc2[nH]cnc2C12CCN(c1ncnc3ccsc13)CC2. The fourth-order valence-corrected chi connectivity index (χ4v) is 5.39. The number of amides is 1. The lowest BCUT2D eigenvalue weighted by molar-refractivity contribution is -0.138. The largest absolute Gasteiger partial charge is 0.355 e. The van der Waals surface area contributed by atoms with Gasteiger partial charge in [-0.05, 0) is 24.3 Å². The number of imidazole rings is 1. The number of piperidine rings is 1. The van der Waals surface area contributed by atoms with E-state index in [0.717, 1.165) is 60.6 Å². The number of rotatable bonds is 1. The monoisotopic (exact) mass is 368 g/mol. The van der Waals surface area contributed by atoms with Gasteiger partial charge in [0, 0.05) is 38.7 Å². The molecule has 1 N–H and O–H groups in total. The predicted molar refractivity (Wildman–Crippen MR) is 100 cm³/mol. The number of nitrogens with zero attached hydrogens (tertiary/aromatic N) is 5. The molecule has 0 saturated carbocycles. The normalized spacial score (nSPS) is 19.1. The maximum absolute atomic E-state index is 12.4. The second kappa shape index (κ2) is 5.77. The standard InChI is InChI=1S/C18H20N6OS/c1-12(25)24-6-2-14-16(21-10-20-14)18(24)4-7-23(8-5-18)17-15-13(3-9-26-15)19-11-22-17/h3,9-11H,2,4-8H2,1H3,(H,20,21). The van der Waals surface area contributed by atoms with Crippen molar-refractivity contribution in [3.8, 4) is 0 Å². The van der Waals surface area contributed by atoms with Crippen LogP contribution < -0.4 is 4.90 Å². The summed E-state index contributed by atoms with van der Waals surface area (Å²) in [5.41, 5.74) is 2.94. The number of hydrogen-bond acceptors (Lipinski definition) is 6. The van der Waals surface area contributed by atoms with Gasteiger partial charge >= 0.3 is 0 Å². The van der Waals surface area contributed by atoms with Crippen LogP contribution in [0.15, 0.2) is 24.1 Å². The van der Waals surface area contributed by atoms with Crippen LogP contribution in [0.4, 0.5) is 5.82 Å². The Labute approximate surface area is 155 Å². The number of hydrogen-bond donors (Lipinski definition) is 1. The zero-order valence-electron chi connectivity index (χ0n) is 14.6. The molecule has 2 aliphatic rings. The van der Waals surface area contributed by atoms with Gasteiger partial charge in [-0.2, -0.15) is 0 Å². The molecule has 5 heterocycles. The van der Waals surface area contributed by atoms with Gasteiger partial charge in [0.15, 0.2) is 0 Å². The average Bonchev–Trinajstić information content (AvgIpc) is 3.31. The second-order valence-corrected chi connectivity index (χ2v) is 7.92. The van der Waals surface area contributed by atoms with Gasteiger partial charge in [0.05, 0.1) is 27.8 Å². The second-order valence-electron chi connectivity index (χ2n) is 7.00. The third-order valence-corrected chi connectivity index (χ3v) is 6.66. The molecule has 1 fully saturated rings. The van der Waals surface area contributed by atoms with Crippen LogP contribution in [-0.2, 0) is 16.8 Å².